The van der Waals surface area contributed by atoms with Crippen LogP contribution in [0, 0.1) is 13.8 Å². The second-order valence-corrected chi connectivity index (χ2v) is 10.7. The van der Waals surface area contributed by atoms with Crippen molar-refractivity contribution in [3.8, 4) is 17.2 Å². The summed E-state index contributed by atoms with van der Waals surface area (Å²) in [5.74, 6) is 2.77. The van der Waals surface area contributed by atoms with E-state index in [9.17, 15) is 4.79 Å². The lowest BCUT2D eigenvalue weighted by molar-refractivity contribution is -0.113. The molecule has 0 unspecified atom stereocenters. The zero-order valence-electron chi connectivity index (χ0n) is 23.9. The molecule has 212 valence electrons. The topological polar surface area (TPSA) is 99.5 Å². The van der Waals surface area contributed by atoms with Crippen LogP contribution in [0.2, 0.25) is 0 Å². The molecule has 3 aromatic carbocycles. The molecule has 2 heterocycles. The third kappa shape index (κ3) is 5.74. The number of benzene rings is 3. The summed E-state index contributed by atoms with van der Waals surface area (Å²) in [6, 6.07) is 18.6. The number of carbonyl (C=O) groups excluding carboxylic acids is 1. The van der Waals surface area contributed by atoms with E-state index < -0.39 is 6.04 Å². The van der Waals surface area contributed by atoms with Crippen molar-refractivity contribution in [1.29, 1.82) is 0 Å². The van der Waals surface area contributed by atoms with Gasteiger partial charge >= 0.3 is 0 Å². The molecule has 0 spiro atoms. The van der Waals surface area contributed by atoms with Crippen molar-refractivity contribution in [2.75, 3.05) is 32.0 Å². The molecule has 0 fully saturated rings. The van der Waals surface area contributed by atoms with Gasteiger partial charge in [-0.25, -0.2) is 4.68 Å². The first-order valence-corrected chi connectivity index (χ1v) is 14.1. The van der Waals surface area contributed by atoms with Gasteiger partial charge in [0, 0.05) is 22.7 Å². The van der Waals surface area contributed by atoms with Crippen molar-refractivity contribution < 1.29 is 19.0 Å². The van der Waals surface area contributed by atoms with Gasteiger partial charge in [-0.3, -0.25) is 4.79 Å². The monoisotopic (exact) mass is 571 g/mol. The molecule has 0 radical (unpaired) electrons. The Balaban J connectivity index is 1.54. The molecule has 10 heteroatoms. The summed E-state index contributed by atoms with van der Waals surface area (Å²) in [4.78, 5) is 18.7. The zero-order valence-corrected chi connectivity index (χ0v) is 24.8. The molecular weight excluding hydrogens is 538 g/mol. The summed E-state index contributed by atoms with van der Waals surface area (Å²) in [6.45, 7) is 6.07. The maximum absolute atomic E-state index is 13.9. The Labute approximate surface area is 243 Å². The SMILES string of the molecule is COc1ccc(NC(=O)C2=C(C)Nc3nc(SCc4ccc(C)cc4C)nn3[C@@H]2c2cccc(OC)c2OC)cc1. The lowest BCUT2D eigenvalue weighted by Crippen LogP contribution is -2.31. The fraction of sp³-hybridized carbons (Fsp3) is 0.258. The average molecular weight is 572 g/mol. The molecular formula is C31H33N5O4S. The number of allylic oxidation sites excluding steroid dienone is 1. The Hall–Kier alpha value is -4.44. The van der Waals surface area contributed by atoms with Crippen molar-refractivity contribution >= 4 is 29.3 Å². The molecule has 0 saturated heterocycles. The van der Waals surface area contributed by atoms with E-state index in [0.717, 1.165) is 11.3 Å². The van der Waals surface area contributed by atoms with E-state index in [0.29, 0.717) is 45.3 Å². The summed E-state index contributed by atoms with van der Waals surface area (Å²) in [5.41, 5.74) is 6.20. The Bertz CT molecular complexity index is 1610. The summed E-state index contributed by atoms with van der Waals surface area (Å²) >= 11 is 1.55. The minimum absolute atomic E-state index is 0.277. The van der Waals surface area contributed by atoms with Crippen LogP contribution in [0.4, 0.5) is 11.6 Å². The number of rotatable bonds is 9. The van der Waals surface area contributed by atoms with Gasteiger partial charge in [0.1, 0.15) is 11.8 Å². The number of anilines is 2. The molecule has 1 atom stereocenters. The summed E-state index contributed by atoms with van der Waals surface area (Å²) in [6.07, 6.45) is 0. The summed E-state index contributed by atoms with van der Waals surface area (Å²) in [5, 5.41) is 11.8. The Morgan fingerprint density at radius 3 is 2.46 bits per heavy atom. The number of nitrogens with zero attached hydrogens (tertiary/aromatic N) is 3. The highest BCUT2D eigenvalue weighted by atomic mass is 32.2. The minimum Gasteiger partial charge on any atom is -0.497 e. The molecule has 1 aliphatic heterocycles. The minimum atomic E-state index is -0.627. The molecule has 1 aromatic heterocycles. The Kier molecular flexibility index (Phi) is 8.21. The normalized spacial score (nSPS) is 14.2. The number of nitrogens with one attached hydrogen (secondary N) is 2. The molecule has 4 aromatic rings. The van der Waals surface area contributed by atoms with Crippen molar-refractivity contribution in [2.24, 2.45) is 0 Å². The first-order chi connectivity index (χ1) is 19.8. The number of fused-ring (bicyclic) bond motifs is 1. The number of carbonyl (C=O) groups is 1. The number of para-hydroxylation sites is 1. The number of aromatic nitrogens is 3. The van der Waals surface area contributed by atoms with Crippen molar-refractivity contribution in [1.82, 2.24) is 14.8 Å². The van der Waals surface area contributed by atoms with Gasteiger partial charge < -0.3 is 24.8 Å². The van der Waals surface area contributed by atoms with Gasteiger partial charge in [-0.2, -0.15) is 4.98 Å². The number of methoxy groups -OCH3 is 3. The number of thioether (sulfide) groups is 1. The van der Waals surface area contributed by atoms with Gasteiger partial charge in [-0.05, 0) is 62.2 Å². The lowest BCUT2D eigenvalue weighted by atomic mass is 9.94. The van der Waals surface area contributed by atoms with E-state index in [1.54, 1.807) is 62.0 Å². The predicted octanol–water partition coefficient (Wildman–Crippen LogP) is 6.14. The fourth-order valence-electron chi connectivity index (χ4n) is 4.92. The predicted molar refractivity (Wildman–Crippen MR) is 161 cm³/mol. The second kappa shape index (κ2) is 12.0. The quantitative estimate of drug-likeness (QED) is 0.231. The van der Waals surface area contributed by atoms with Crippen molar-refractivity contribution in [3.63, 3.8) is 0 Å². The van der Waals surface area contributed by atoms with Gasteiger partial charge in [0.15, 0.2) is 11.5 Å². The number of aryl methyl sites for hydroxylation is 2. The third-order valence-corrected chi connectivity index (χ3v) is 7.89. The van der Waals surface area contributed by atoms with E-state index >= 15 is 0 Å². The number of amides is 1. The summed E-state index contributed by atoms with van der Waals surface area (Å²) in [7, 11) is 4.78. The molecule has 5 rings (SSSR count). The third-order valence-electron chi connectivity index (χ3n) is 7.01. The highest BCUT2D eigenvalue weighted by Gasteiger charge is 2.36. The molecule has 0 aliphatic carbocycles. The van der Waals surface area contributed by atoms with Crippen LogP contribution >= 0.6 is 11.8 Å². The van der Waals surface area contributed by atoms with Crippen LogP contribution in [0.25, 0.3) is 0 Å². The summed E-state index contributed by atoms with van der Waals surface area (Å²) < 4.78 is 18.4. The second-order valence-electron chi connectivity index (χ2n) is 9.71. The molecule has 0 saturated carbocycles. The highest BCUT2D eigenvalue weighted by Crippen LogP contribution is 2.43. The molecule has 9 nitrogen and oxygen atoms in total. The molecule has 41 heavy (non-hydrogen) atoms. The Morgan fingerprint density at radius 1 is 1.00 bits per heavy atom. The number of hydrogen-bond donors (Lipinski definition) is 2. The van der Waals surface area contributed by atoms with Gasteiger partial charge in [-0.1, -0.05) is 47.7 Å². The van der Waals surface area contributed by atoms with Crippen molar-refractivity contribution in [3.05, 3.63) is 94.2 Å². The lowest BCUT2D eigenvalue weighted by Gasteiger charge is -2.29. The maximum Gasteiger partial charge on any atom is 0.255 e. The van der Waals surface area contributed by atoms with E-state index in [1.807, 2.05) is 25.1 Å². The van der Waals surface area contributed by atoms with Crippen LogP contribution in [-0.2, 0) is 10.5 Å². The van der Waals surface area contributed by atoms with E-state index in [1.165, 1.54) is 16.7 Å². The van der Waals surface area contributed by atoms with Crippen LogP contribution in [0.15, 0.2) is 77.1 Å². The molecule has 1 aliphatic rings. The Morgan fingerprint density at radius 2 is 1.78 bits per heavy atom. The van der Waals surface area contributed by atoms with Crippen LogP contribution in [0.1, 0.15) is 35.2 Å². The standard InChI is InChI=1S/C31H33N5O4S/c1-18-10-11-21(19(2)16-18)17-41-31-34-30-32-20(3)26(29(37)33-22-12-14-23(38-4)15-13-22)27(36(30)35-31)24-8-7-9-25(39-5)28(24)40-6/h7-16,27H,17H2,1-6H3,(H,33,37)(H,32,34,35)/t27-/m1/s1. The van der Waals surface area contributed by atoms with Crippen LogP contribution in [-0.4, -0.2) is 42.0 Å². The largest absolute Gasteiger partial charge is 0.497 e. The van der Waals surface area contributed by atoms with E-state index in [4.69, 9.17) is 24.3 Å². The molecule has 1 amide bonds. The zero-order chi connectivity index (χ0) is 29.1. The van der Waals surface area contributed by atoms with Gasteiger partial charge in [0.25, 0.3) is 5.91 Å². The van der Waals surface area contributed by atoms with Gasteiger partial charge in [0.05, 0.1) is 26.9 Å². The maximum atomic E-state index is 13.9. The van der Waals surface area contributed by atoms with Crippen molar-refractivity contribution in [2.45, 2.75) is 37.7 Å². The van der Waals surface area contributed by atoms with Crippen LogP contribution in [0.3, 0.4) is 0 Å². The number of ether oxygens (including phenoxy) is 3. The van der Waals surface area contributed by atoms with E-state index in [-0.39, 0.29) is 5.91 Å². The number of hydrogen-bond acceptors (Lipinski definition) is 8. The molecule has 2 N–H and O–H groups in total. The average Bonchev–Trinajstić information content (AvgIpc) is 3.38. The first-order valence-electron chi connectivity index (χ1n) is 13.1. The van der Waals surface area contributed by atoms with Gasteiger partial charge in [-0.15, -0.1) is 5.10 Å². The smallest absolute Gasteiger partial charge is 0.255 e. The first kappa shape index (κ1) is 28.1. The van der Waals surface area contributed by atoms with Crippen LogP contribution in [0.5, 0.6) is 17.2 Å². The molecule has 0 bridgehead atoms. The highest BCUT2D eigenvalue weighted by molar-refractivity contribution is 7.98. The van der Waals surface area contributed by atoms with E-state index in [2.05, 4.69) is 42.7 Å². The van der Waals surface area contributed by atoms with Gasteiger partial charge in [0.2, 0.25) is 11.1 Å². The fourth-order valence-corrected chi connectivity index (χ4v) is 5.83. The van der Waals surface area contributed by atoms with Crippen LogP contribution < -0.4 is 24.8 Å².